The van der Waals surface area contributed by atoms with Gasteiger partial charge in [0, 0.05) is 19.6 Å². The quantitative estimate of drug-likeness (QED) is 0.823. The summed E-state index contributed by atoms with van der Waals surface area (Å²) in [5, 5.41) is 0. The summed E-state index contributed by atoms with van der Waals surface area (Å²) in [6.45, 7) is 3.44. The molecule has 4 heteroatoms. The Kier molecular flexibility index (Phi) is 3.07. The lowest BCUT2D eigenvalue weighted by Gasteiger charge is -2.31. The molecule has 0 radical (unpaired) electrons. The van der Waals surface area contributed by atoms with Gasteiger partial charge in [0.25, 0.3) is 0 Å². The molecule has 4 nitrogen and oxygen atoms in total. The molecule has 2 rings (SSSR count). The summed E-state index contributed by atoms with van der Waals surface area (Å²) in [7, 11) is 0. The smallest absolute Gasteiger partial charge is 0.195 e. The van der Waals surface area contributed by atoms with E-state index in [1.165, 1.54) is 6.42 Å². The Hall–Kier alpha value is -0.870. The third-order valence-corrected chi connectivity index (χ3v) is 2.90. The predicted molar refractivity (Wildman–Crippen MR) is 56.4 cm³/mol. The molecule has 0 bridgehead atoms. The van der Waals surface area contributed by atoms with Gasteiger partial charge in [0.2, 0.25) is 0 Å². The van der Waals surface area contributed by atoms with Crippen LogP contribution in [0.3, 0.4) is 0 Å². The van der Waals surface area contributed by atoms with E-state index in [1.54, 1.807) is 6.20 Å². The first kappa shape index (κ1) is 10.6. The van der Waals surface area contributed by atoms with Gasteiger partial charge < -0.3 is 14.9 Å². The zero-order chi connectivity index (χ0) is 10.7. The van der Waals surface area contributed by atoms with Crippen molar-refractivity contribution in [2.45, 2.75) is 38.2 Å². The van der Waals surface area contributed by atoms with E-state index in [0.29, 0.717) is 18.9 Å². The van der Waals surface area contributed by atoms with Gasteiger partial charge in [-0.2, -0.15) is 0 Å². The fourth-order valence-corrected chi connectivity index (χ4v) is 1.92. The standard InChI is InChI=1S/C11H18N2O2/c1-11(5-2-3-7-14-11)9-8-13-10(15-9)4-6-12/h8H,2-7,12H2,1H3. The summed E-state index contributed by atoms with van der Waals surface area (Å²) in [6, 6.07) is 0. The van der Waals surface area contributed by atoms with E-state index in [2.05, 4.69) is 11.9 Å². The number of nitrogens with zero attached hydrogens (tertiary/aromatic N) is 1. The number of oxazole rings is 1. The van der Waals surface area contributed by atoms with Crippen molar-refractivity contribution in [3.63, 3.8) is 0 Å². The molecule has 2 heterocycles. The van der Waals surface area contributed by atoms with E-state index in [-0.39, 0.29) is 5.60 Å². The number of hydrogen-bond acceptors (Lipinski definition) is 4. The van der Waals surface area contributed by atoms with Gasteiger partial charge >= 0.3 is 0 Å². The molecule has 1 aliphatic heterocycles. The first-order valence-electron chi connectivity index (χ1n) is 5.54. The van der Waals surface area contributed by atoms with Crippen LogP contribution in [0.5, 0.6) is 0 Å². The van der Waals surface area contributed by atoms with Crippen molar-refractivity contribution in [2.75, 3.05) is 13.2 Å². The molecule has 0 amide bonds. The third-order valence-electron chi connectivity index (χ3n) is 2.90. The molecule has 1 saturated heterocycles. The average Bonchev–Trinajstić information content (AvgIpc) is 2.69. The number of nitrogens with two attached hydrogens (primary N) is 1. The molecule has 1 unspecified atom stereocenters. The van der Waals surface area contributed by atoms with E-state index < -0.39 is 0 Å². The molecule has 0 saturated carbocycles. The van der Waals surface area contributed by atoms with Crippen LogP contribution in [0.4, 0.5) is 0 Å². The molecule has 0 spiro atoms. The second-order valence-corrected chi connectivity index (χ2v) is 4.19. The number of hydrogen-bond donors (Lipinski definition) is 1. The topological polar surface area (TPSA) is 61.3 Å². The Morgan fingerprint density at radius 2 is 2.40 bits per heavy atom. The van der Waals surface area contributed by atoms with Gasteiger partial charge in [-0.3, -0.25) is 0 Å². The Morgan fingerprint density at radius 1 is 1.53 bits per heavy atom. The largest absolute Gasteiger partial charge is 0.443 e. The summed E-state index contributed by atoms with van der Waals surface area (Å²) in [5.74, 6) is 1.55. The average molecular weight is 210 g/mol. The molecule has 1 aromatic rings. The van der Waals surface area contributed by atoms with Crippen LogP contribution < -0.4 is 5.73 Å². The van der Waals surface area contributed by atoms with Crippen molar-refractivity contribution < 1.29 is 9.15 Å². The van der Waals surface area contributed by atoms with E-state index >= 15 is 0 Å². The Bertz CT molecular complexity index is 316. The maximum Gasteiger partial charge on any atom is 0.195 e. The first-order valence-corrected chi connectivity index (χ1v) is 5.54. The number of ether oxygens (including phenoxy) is 1. The summed E-state index contributed by atoms with van der Waals surface area (Å²) >= 11 is 0. The van der Waals surface area contributed by atoms with Crippen LogP contribution in [0.15, 0.2) is 10.6 Å². The second kappa shape index (κ2) is 4.33. The minimum atomic E-state index is -0.280. The zero-order valence-electron chi connectivity index (χ0n) is 9.16. The fourth-order valence-electron chi connectivity index (χ4n) is 1.92. The predicted octanol–water partition coefficient (Wildman–Crippen LogP) is 1.59. The van der Waals surface area contributed by atoms with Gasteiger partial charge in [-0.25, -0.2) is 4.98 Å². The normalized spacial score (nSPS) is 26.8. The fraction of sp³-hybridized carbons (Fsp3) is 0.727. The molecule has 2 N–H and O–H groups in total. The highest BCUT2D eigenvalue weighted by Crippen LogP contribution is 2.34. The SMILES string of the molecule is CC1(c2cnc(CCN)o2)CCCCO1. The molecule has 1 fully saturated rings. The Morgan fingerprint density at radius 3 is 3.07 bits per heavy atom. The highest BCUT2D eigenvalue weighted by molar-refractivity contribution is 5.06. The Balaban J connectivity index is 2.12. The van der Waals surface area contributed by atoms with Crippen molar-refractivity contribution in [1.29, 1.82) is 0 Å². The van der Waals surface area contributed by atoms with Crippen LogP contribution in [0.25, 0.3) is 0 Å². The summed E-state index contributed by atoms with van der Waals surface area (Å²) in [4.78, 5) is 4.20. The van der Waals surface area contributed by atoms with E-state index in [1.807, 2.05) is 0 Å². The molecule has 1 atom stereocenters. The maximum atomic E-state index is 5.78. The zero-order valence-corrected chi connectivity index (χ0v) is 9.16. The van der Waals surface area contributed by atoms with Crippen LogP contribution in [0.2, 0.25) is 0 Å². The summed E-state index contributed by atoms with van der Waals surface area (Å²) in [5.41, 5.74) is 5.17. The van der Waals surface area contributed by atoms with Gasteiger partial charge in [0.15, 0.2) is 11.7 Å². The monoisotopic (exact) mass is 210 g/mol. The molecule has 0 aliphatic carbocycles. The lowest BCUT2D eigenvalue weighted by Crippen LogP contribution is -2.29. The van der Waals surface area contributed by atoms with Crippen molar-refractivity contribution in [2.24, 2.45) is 5.73 Å². The van der Waals surface area contributed by atoms with Crippen molar-refractivity contribution >= 4 is 0 Å². The first-order chi connectivity index (χ1) is 7.24. The molecule has 15 heavy (non-hydrogen) atoms. The number of aromatic nitrogens is 1. The van der Waals surface area contributed by atoms with Crippen LogP contribution in [0.1, 0.15) is 37.8 Å². The van der Waals surface area contributed by atoms with Crippen molar-refractivity contribution in [1.82, 2.24) is 4.98 Å². The lowest BCUT2D eigenvalue weighted by atomic mass is 9.94. The van der Waals surface area contributed by atoms with Crippen molar-refractivity contribution in [3.05, 3.63) is 17.8 Å². The molecule has 1 aromatic heterocycles. The van der Waals surface area contributed by atoms with Crippen LogP contribution in [-0.2, 0) is 16.8 Å². The van der Waals surface area contributed by atoms with Crippen LogP contribution in [-0.4, -0.2) is 18.1 Å². The van der Waals surface area contributed by atoms with Crippen molar-refractivity contribution in [3.8, 4) is 0 Å². The van der Waals surface area contributed by atoms with Gasteiger partial charge in [-0.15, -0.1) is 0 Å². The van der Waals surface area contributed by atoms with Crippen LogP contribution in [0, 0.1) is 0 Å². The van der Waals surface area contributed by atoms with Gasteiger partial charge in [-0.05, 0) is 26.2 Å². The lowest BCUT2D eigenvalue weighted by molar-refractivity contribution is -0.0836. The molecule has 1 aliphatic rings. The highest BCUT2D eigenvalue weighted by atomic mass is 16.5. The minimum Gasteiger partial charge on any atom is -0.443 e. The number of rotatable bonds is 3. The summed E-state index contributed by atoms with van der Waals surface area (Å²) < 4.78 is 11.4. The molecular weight excluding hydrogens is 192 g/mol. The van der Waals surface area contributed by atoms with E-state index in [0.717, 1.165) is 25.2 Å². The van der Waals surface area contributed by atoms with Crippen LogP contribution >= 0.6 is 0 Å². The molecule has 0 aromatic carbocycles. The minimum absolute atomic E-state index is 0.280. The Labute approximate surface area is 89.8 Å². The highest BCUT2D eigenvalue weighted by Gasteiger charge is 2.33. The van der Waals surface area contributed by atoms with Gasteiger partial charge in [-0.1, -0.05) is 0 Å². The second-order valence-electron chi connectivity index (χ2n) is 4.19. The molecular formula is C11H18N2O2. The summed E-state index contributed by atoms with van der Waals surface area (Å²) in [6.07, 6.45) is 5.79. The molecule has 84 valence electrons. The third kappa shape index (κ3) is 2.21. The maximum absolute atomic E-state index is 5.78. The van der Waals surface area contributed by atoms with Gasteiger partial charge in [0.1, 0.15) is 5.60 Å². The van der Waals surface area contributed by atoms with E-state index in [4.69, 9.17) is 14.9 Å². The van der Waals surface area contributed by atoms with Gasteiger partial charge in [0.05, 0.1) is 6.20 Å². The van der Waals surface area contributed by atoms with E-state index in [9.17, 15) is 0 Å².